The third-order valence-electron chi connectivity index (χ3n) is 3.62. The number of benzene rings is 1. The smallest absolute Gasteiger partial charge is 0.00468 e. The lowest BCUT2D eigenvalue weighted by atomic mass is 9.78. The fourth-order valence-electron chi connectivity index (χ4n) is 2.74. The summed E-state index contributed by atoms with van der Waals surface area (Å²) in [5.41, 5.74) is 3.18. The minimum Gasteiger partial charge on any atom is -0.315 e. The highest BCUT2D eigenvalue weighted by atomic mass is 14.9. The van der Waals surface area contributed by atoms with Gasteiger partial charge in [-0.2, -0.15) is 0 Å². The Morgan fingerprint density at radius 2 is 1.94 bits per heavy atom. The van der Waals surface area contributed by atoms with E-state index in [1.165, 1.54) is 30.4 Å². The van der Waals surface area contributed by atoms with Gasteiger partial charge in [-0.3, -0.25) is 0 Å². The molecule has 0 spiro atoms. The summed E-state index contributed by atoms with van der Waals surface area (Å²) >= 11 is 0. The van der Waals surface area contributed by atoms with Crippen LogP contribution >= 0.6 is 0 Å². The topological polar surface area (TPSA) is 12.0 Å². The molecule has 0 heterocycles. The van der Waals surface area contributed by atoms with Crippen LogP contribution in [0.25, 0.3) is 0 Å². The predicted octanol–water partition coefficient (Wildman–Crippen LogP) is 4.30. The molecular formula is C17H29N. The molecule has 0 aliphatic carbocycles. The normalized spacial score (nSPS) is 13.6. The maximum Gasteiger partial charge on any atom is 0.00468 e. The molecule has 0 radical (unpaired) electrons. The SMILES string of the molecule is CCCc1cccc(C(C)(C)CC(C)NCC)c1. The van der Waals surface area contributed by atoms with E-state index >= 15 is 0 Å². The van der Waals surface area contributed by atoms with Crippen LogP contribution in [-0.2, 0) is 11.8 Å². The van der Waals surface area contributed by atoms with Crippen molar-refractivity contribution in [2.45, 2.75) is 65.3 Å². The first-order valence-electron chi connectivity index (χ1n) is 7.32. The Morgan fingerprint density at radius 3 is 2.56 bits per heavy atom. The summed E-state index contributed by atoms with van der Waals surface area (Å²) in [7, 11) is 0. The molecule has 0 saturated carbocycles. The molecule has 1 atom stereocenters. The maximum atomic E-state index is 3.51. The first-order valence-corrected chi connectivity index (χ1v) is 7.32. The third-order valence-corrected chi connectivity index (χ3v) is 3.62. The molecule has 0 saturated heterocycles. The van der Waals surface area contributed by atoms with E-state index in [1.807, 2.05) is 0 Å². The predicted molar refractivity (Wildman–Crippen MR) is 81.2 cm³/mol. The van der Waals surface area contributed by atoms with Crippen molar-refractivity contribution in [3.05, 3.63) is 35.4 Å². The van der Waals surface area contributed by atoms with Crippen LogP contribution in [-0.4, -0.2) is 12.6 Å². The first-order chi connectivity index (χ1) is 8.49. The van der Waals surface area contributed by atoms with Crippen LogP contribution in [0.2, 0.25) is 0 Å². The largest absolute Gasteiger partial charge is 0.315 e. The average Bonchev–Trinajstić information content (AvgIpc) is 2.29. The number of rotatable bonds is 7. The quantitative estimate of drug-likeness (QED) is 0.757. The molecule has 0 amide bonds. The average molecular weight is 247 g/mol. The second-order valence-corrected chi connectivity index (χ2v) is 6.00. The second kappa shape index (κ2) is 6.94. The van der Waals surface area contributed by atoms with Gasteiger partial charge in [-0.1, -0.05) is 58.4 Å². The Morgan fingerprint density at radius 1 is 1.22 bits per heavy atom. The summed E-state index contributed by atoms with van der Waals surface area (Å²) in [6, 6.07) is 9.69. The standard InChI is InChI=1S/C17H29N/c1-6-9-15-10-8-11-16(12-15)17(4,5)13-14(3)18-7-2/h8,10-12,14,18H,6-7,9,13H2,1-5H3. The highest BCUT2D eigenvalue weighted by Gasteiger charge is 2.23. The second-order valence-electron chi connectivity index (χ2n) is 6.00. The van der Waals surface area contributed by atoms with E-state index in [9.17, 15) is 0 Å². The van der Waals surface area contributed by atoms with Crippen molar-refractivity contribution in [2.75, 3.05) is 6.54 Å². The molecule has 0 aliphatic heterocycles. The Kier molecular flexibility index (Phi) is 5.87. The summed E-state index contributed by atoms with van der Waals surface area (Å²) in [5.74, 6) is 0. The van der Waals surface area contributed by atoms with Crippen molar-refractivity contribution in [1.82, 2.24) is 5.32 Å². The van der Waals surface area contributed by atoms with Crippen LogP contribution in [0, 0.1) is 0 Å². The number of hydrogen-bond donors (Lipinski definition) is 1. The molecule has 1 aromatic carbocycles. The molecule has 0 aromatic heterocycles. The zero-order chi connectivity index (χ0) is 13.6. The van der Waals surface area contributed by atoms with Crippen molar-refractivity contribution in [3.8, 4) is 0 Å². The summed E-state index contributed by atoms with van der Waals surface area (Å²) < 4.78 is 0. The Hall–Kier alpha value is -0.820. The molecule has 0 aliphatic rings. The lowest BCUT2D eigenvalue weighted by molar-refractivity contribution is 0.394. The van der Waals surface area contributed by atoms with Gasteiger partial charge < -0.3 is 5.32 Å². The molecule has 1 rings (SSSR count). The number of nitrogens with one attached hydrogen (secondary N) is 1. The zero-order valence-electron chi connectivity index (χ0n) is 12.7. The van der Waals surface area contributed by atoms with Crippen LogP contribution in [0.3, 0.4) is 0 Å². The monoisotopic (exact) mass is 247 g/mol. The summed E-state index contributed by atoms with van der Waals surface area (Å²) in [6.45, 7) is 12.4. The van der Waals surface area contributed by atoms with E-state index in [0.717, 1.165) is 6.54 Å². The molecular weight excluding hydrogens is 218 g/mol. The molecule has 1 unspecified atom stereocenters. The minimum absolute atomic E-state index is 0.241. The third kappa shape index (κ3) is 4.45. The van der Waals surface area contributed by atoms with Crippen LogP contribution in [0.15, 0.2) is 24.3 Å². The van der Waals surface area contributed by atoms with Crippen molar-refractivity contribution < 1.29 is 0 Å². The lowest BCUT2D eigenvalue weighted by Crippen LogP contribution is -2.33. The van der Waals surface area contributed by atoms with Crippen molar-refractivity contribution in [1.29, 1.82) is 0 Å². The highest BCUT2D eigenvalue weighted by Crippen LogP contribution is 2.29. The zero-order valence-corrected chi connectivity index (χ0v) is 12.7. The lowest BCUT2D eigenvalue weighted by Gasteiger charge is -2.29. The van der Waals surface area contributed by atoms with E-state index in [2.05, 4.69) is 64.2 Å². The van der Waals surface area contributed by atoms with E-state index in [1.54, 1.807) is 0 Å². The van der Waals surface area contributed by atoms with Gasteiger partial charge in [0.25, 0.3) is 0 Å². The van der Waals surface area contributed by atoms with Crippen LogP contribution < -0.4 is 5.32 Å². The molecule has 0 fully saturated rings. The van der Waals surface area contributed by atoms with Gasteiger partial charge >= 0.3 is 0 Å². The summed E-state index contributed by atoms with van der Waals surface area (Å²) in [6.07, 6.45) is 3.58. The molecule has 1 aromatic rings. The summed E-state index contributed by atoms with van der Waals surface area (Å²) in [5, 5.41) is 3.51. The fraction of sp³-hybridized carbons (Fsp3) is 0.647. The summed E-state index contributed by atoms with van der Waals surface area (Å²) in [4.78, 5) is 0. The van der Waals surface area contributed by atoms with Gasteiger partial charge in [0, 0.05) is 6.04 Å². The maximum absolute atomic E-state index is 3.51. The van der Waals surface area contributed by atoms with E-state index < -0.39 is 0 Å². The van der Waals surface area contributed by atoms with Gasteiger partial charge in [-0.25, -0.2) is 0 Å². The molecule has 0 bridgehead atoms. The molecule has 1 N–H and O–H groups in total. The van der Waals surface area contributed by atoms with Gasteiger partial charge in [0.2, 0.25) is 0 Å². The highest BCUT2D eigenvalue weighted by molar-refractivity contribution is 5.29. The fourth-order valence-corrected chi connectivity index (χ4v) is 2.74. The minimum atomic E-state index is 0.241. The van der Waals surface area contributed by atoms with E-state index in [4.69, 9.17) is 0 Å². The van der Waals surface area contributed by atoms with Gasteiger partial charge in [0.1, 0.15) is 0 Å². The van der Waals surface area contributed by atoms with E-state index in [-0.39, 0.29) is 5.41 Å². The number of hydrogen-bond acceptors (Lipinski definition) is 1. The van der Waals surface area contributed by atoms with Crippen LogP contribution in [0.4, 0.5) is 0 Å². The van der Waals surface area contributed by atoms with E-state index in [0.29, 0.717) is 6.04 Å². The Bertz CT molecular complexity index is 354. The van der Waals surface area contributed by atoms with Gasteiger partial charge in [-0.05, 0) is 42.9 Å². The first kappa shape index (κ1) is 15.2. The molecule has 18 heavy (non-hydrogen) atoms. The molecule has 102 valence electrons. The van der Waals surface area contributed by atoms with Crippen molar-refractivity contribution in [2.24, 2.45) is 0 Å². The van der Waals surface area contributed by atoms with Gasteiger partial charge in [0.15, 0.2) is 0 Å². The van der Waals surface area contributed by atoms with Crippen LogP contribution in [0.5, 0.6) is 0 Å². The Labute approximate surface area is 113 Å². The Balaban J connectivity index is 2.79. The molecule has 1 heteroatoms. The number of aryl methyl sites for hydroxylation is 1. The van der Waals surface area contributed by atoms with Crippen molar-refractivity contribution in [3.63, 3.8) is 0 Å². The van der Waals surface area contributed by atoms with Gasteiger partial charge in [0.05, 0.1) is 0 Å². The molecule has 1 nitrogen and oxygen atoms in total. The van der Waals surface area contributed by atoms with Crippen LogP contribution in [0.1, 0.15) is 58.6 Å². The van der Waals surface area contributed by atoms with Gasteiger partial charge in [-0.15, -0.1) is 0 Å². The van der Waals surface area contributed by atoms with Crippen molar-refractivity contribution >= 4 is 0 Å².